The number of thioether (sulfide) groups is 1. The Hall–Kier alpha value is -1.35. The largest absolute Gasteiger partial charge is 0.497 e. The lowest BCUT2D eigenvalue weighted by Gasteiger charge is -2.13. The van der Waals surface area contributed by atoms with Crippen molar-refractivity contribution in [3.63, 3.8) is 0 Å². The quantitative estimate of drug-likeness (QED) is 0.505. The number of ether oxygens (including phenoxy) is 2. The molecule has 0 amide bonds. The Balaban J connectivity index is 2.10. The zero-order valence-corrected chi connectivity index (χ0v) is 12.5. The van der Waals surface area contributed by atoms with E-state index in [9.17, 15) is 5.11 Å². The summed E-state index contributed by atoms with van der Waals surface area (Å²) in [5.74, 6) is 5.74. The lowest BCUT2D eigenvalue weighted by atomic mass is 10.3. The molecule has 1 aromatic rings. The molecule has 1 unspecified atom stereocenters. The fraction of sp³-hybridized carbons (Fsp3) is 0.467. The number of terminal acetylenes is 1. The maximum absolute atomic E-state index is 9.76. The van der Waals surface area contributed by atoms with Crippen molar-refractivity contribution >= 4 is 11.8 Å². The monoisotopic (exact) mass is 295 g/mol. The van der Waals surface area contributed by atoms with Crippen molar-refractivity contribution in [1.82, 2.24) is 5.32 Å². The van der Waals surface area contributed by atoms with Gasteiger partial charge >= 0.3 is 0 Å². The summed E-state index contributed by atoms with van der Waals surface area (Å²) in [6.07, 6.45) is 4.62. The van der Waals surface area contributed by atoms with Gasteiger partial charge < -0.3 is 19.9 Å². The van der Waals surface area contributed by atoms with Crippen LogP contribution in [0.5, 0.6) is 11.5 Å². The van der Waals surface area contributed by atoms with Crippen molar-refractivity contribution < 1.29 is 14.6 Å². The van der Waals surface area contributed by atoms with Gasteiger partial charge in [-0.05, 0) is 24.3 Å². The highest BCUT2D eigenvalue weighted by Crippen LogP contribution is 2.16. The molecule has 0 bridgehead atoms. The topological polar surface area (TPSA) is 50.7 Å². The second kappa shape index (κ2) is 10.4. The Kier molecular flexibility index (Phi) is 8.72. The van der Waals surface area contributed by atoms with Crippen LogP contribution in [0.15, 0.2) is 24.3 Å². The van der Waals surface area contributed by atoms with Gasteiger partial charge in [0.05, 0.1) is 12.9 Å². The van der Waals surface area contributed by atoms with Crippen LogP contribution in [0, 0.1) is 12.3 Å². The van der Waals surface area contributed by atoms with E-state index >= 15 is 0 Å². The molecule has 1 rings (SSSR count). The predicted molar refractivity (Wildman–Crippen MR) is 83.5 cm³/mol. The van der Waals surface area contributed by atoms with Crippen LogP contribution in [0.2, 0.25) is 0 Å². The van der Waals surface area contributed by atoms with Gasteiger partial charge in [0.15, 0.2) is 0 Å². The Morgan fingerprint density at radius 1 is 1.35 bits per heavy atom. The second-order valence-electron chi connectivity index (χ2n) is 4.10. The van der Waals surface area contributed by atoms with Crippen molar-refractivity contribution in [2.24, 2.45) is 0 Å². The molecular weight excluding hydrogens is 274 g/mol. The maximum Gasteiger partial charge on any atom is 0.119 e. The summed E-state index contributed by atoms with van der Waals surface area (Å²) in [6, 6.07) is 7.27. The zero-order valence-electron chi connectivity index (χ0n) is 11.7. The van der Waals surface area contributed by atoms with Crippen molar-refractivity contribution in [1.29, 1.82) is 0 Å². The van der Waals surface area contributed by atoms with Crippen LogP contribution in [0.3, 0.4) is 0 Å². The maximum atomic E-state index is 9.76. The van der Waals surface area contributed by atoms with E-state index in [0.717, 1.165) is 29.5 Å². The van der Waals surface area contributed by atoms with Gasteiger partial charge in [-0.15, -0.1) is 18.2 Å². The molecule has 5 heteroatoms. The predicted octanol–water partition coefficient (Wildman–Crippen LogP) is 1.39. The minimum absolute atomic E-state index is 0.261. The molecule has 0 radical (unpaired) electrons. The third kappa shape index (κ3) is 7.29. The summed E-state index contributed by atoms with van der Waals surface area (Å²) >= 11 is 1.70. The third-order valence-corrected chi connectivity index (χ3v) is 3.35. The molecule has 0 fully saturated rings. The Morgan fingerprint density at radius 3 is 2.70 bits per heavy atom. The van der Waals surface area contributed by atoms with Gasteiger partial charge in [0.25, 0.3) is 0 Å². The second-order valence-corrected chi connectivity index (χ2v) is 5.21. The molecule has 4 nitrogen and oxygen atoms in total. The van der Waals surface area contributed by atoms with E-state index in [-0.39, 0.29) is 6.61 Å². The van der Waals surface area contributed by atoms with Crippen LogP contribution < -0.4 is 14.8 Å². The smallest absolute Gasteiger partial charge is 0.119 e. The lowest BCUT2D eigenvalue weighted by Crippen LogP contribution is -2.32. The fourth-order valence-electron chi connectivity index (χ4n) is 1.47. The summed E-state index contributed by atoms with van der Waals surface area (Å²) in [4.78, 5) is 0. The molecule has 2 N–H and O–H groups in total. The standard InChI is InChI=1S/C15H21NO3S/c1-3-9-20-10-8-16-11-13(17)12-19-15-6-4-14(18-2)5-7-15/h1,4-7,13,16-17H,8-12H2,2H3. The number of methoxy groups -OCH3 is 1. The minimum atomic E-state index is -0.533. The number of nitrogens with one attached hydrogen (secondary N) is 1. The first-order valence-corrected chi connectivity index (χ1v) is 7.58. The first kappa shape index (κ1) is 16.7. The number of aliphatic hydroxyl groups is 1. The third-order valence-electron chi connectivity index (χ3n) is 2.49. The SMILES string of the molecule is C#CCSCCNCC(O)COc1ccc(OC)cc1. The first-order chi connectivity index (χ1) is 9.76. The molecule has 0 spiro atoms. The summed E-state index contributed by atoms with van der Waals surface area (Å²) in [5.41, 5.74) is 0. The average molecular weight is 295 g/mol. The Bertz CT molecular complexity index is 403. The van der Waals surface area contributed by atoms with Gasteiger partial charge in [0.1, 0.15) is 24.2 Å². The van der Waals surface area contributed by atoms with Gasteiger partial charge in [-0.3, -0.25) is 0 Å². The zero-order chi connectivity index (χ0) is 14.6. The lowest BCUT2D eigenvalue weighted by molar-refractivity contribution is 0.107. The summed E-state index contributed by atoms with van der Waals surface area (Å²) in [6.45, 7) is 1.59. The molecule has 20 heavy (non-hydrogen) atoms. The molecule has 0 saturated heterocycles. The summed E-state index contributed by atoms with van der Waals surface area (Å²) in [7, 11) is 1.62. The molecule has 1 aromatic carbocycles. The highest BCUT2D eigenvalue weighted by molar-refractivity contribution is 7.99. The van der Waals surface area contributed by atoms with Crippen molar-refractivity contribution in [3.05, 3.63) is 24.3 Å². The van der Waals surface area contributed by atoms with Crippen LogP contribution in [-0.2, 0) is 0 Å². The van der Waals surface area contributed by atoms with Crippen molar-refractivity contribution in [2.75, 3.05) is 38.3 Å². The molecule has 1 atom stereocenters. The molecular formula is C15H21NO3S. The highest BCUT2D eigenvalue weighted by atomic mass is 32.2. The molecule has 0 heterocycles. The minimum Gasteiger partial charge on any atom is -0.497 e. The van der Waals surface area contributed by atoms with Gasteiger partial charge in [0, 0.05) is 18.8 Å². The van der Waals surface area contributed by atoms with Gasteiger partial charge in [0.2, 0.25) is 0 Å². The van der Waals surface area contributed by atoms with E-state index in [4.69, 9.17) is 15.9 Å². The number of aliphatic hydroxyl groups excluding tert-OH is 1. The van der Waals surface area contributed by atoms with E-state index in [0.29, 0.717) is 6.54 Å². The summed E-state index contributed by atoms with van der Waals surface area (Å²) < 4.78 is 10.5. The number of hydrogen-bond donors (Lipinski definition) is 2. The number of benzene rings is 1. The average Bonchev–Trinajstić information content (AvgIpc) is 2.49. The van der Waals surface area contributed by atoms with Gasteiger partial charge in [-0.2, -0.15) is 0 Å². The van der Waals surface area contributed by atoms with Crippen LogP contribution >= 0.6 is 11.8 Å². The van der Waals surface area contributed by atoms with Gasteiger partial charge in [-0.1, -0.05) is 5.92 Å². The Labute approximate surface area is 124 Å². The molecule has 0 aliphatic heterocycles. The first-order valence-electron chi connectivity index (χ1n) is 6.43. The van der Waals surface area contributed by atoms with Crippen LogP contribution in [0.4, 0.5) is 0 Å². The molecule has 0 aromatic heterocycles. The van der Waals surface area contributed by atoms with E-state index in [1.54, 1.807) is 18.9 Å². The molecule has 0 saturated carbocycles. The van der Waals surface area contributed by atoms with Crippen LogP contribution in [0.25, 0.3) is 0 Å². The van der Waals surface area contributed by atoms with E-state index < -0.39 is 6.10 Å². The Morgan fingerprint density at radius 2 is 2.05 bits per heavy atom. The molecule has 0 aliphatic carbocycles. The van der Waals surface area contributed by atoms with Crippen molar-refractivity contribution in [2.45, 2.75) is 6.10 Å². The van der Waals surface area contributed by atoms with Gasteiger partial charge in [-0.25, -0.2) is 0 Å². The van der Waals surface area contributed by atoms with Crippen LogP contribution in [0.1, 0.15) is 0 Å². The van der Waals surface area contributed by atoms with Crippen molar-refractivity contribution in [3.8, 4) is 23.8 Å². The van der Waals surface area contributed by atoms with E-state index in [1.807, 2.05) is 24.3 Å². The number of rotatable bonds is 10. The molecule has 110 valence electrons. The normalized spacial score (nSPS) is 11.7. The highest BCUT2D eigenvalue weighted by Gasteiger charge is 2.04. The van der Waals surface area contributed by atoms with Crippen LogP contribution in [-0.4, -0.2) is 49.5 Å². The fourth-order valence-corrected chi connectivity index (χ4v) is 2.02. The number of hydrogen-bond acceptors (Lipinski definition) is 5. The van der Waals surface area contributed by atoms with E-state index in [2.05, 4.69) is 11.2 Å². The summed E-state index contributed by atoms with van der Waals surface area (Å²) in [5, 5.41) is 12.9. The van der Waals surface area contributed by atoms with E-state index in [1.165, 1.54) is 0 Å². The molecule has 0 aliphatic rings.